The average molecular weight is 934 g/mol. The Kier molecular flexibility index (Phi) is 7.71. The first-order chi connectivity index (χ1) is 41.5. The number of rotatable bonds is 12. The third-order valence-corrected chi connectivity index (χ3v) is 12.1. The summed E-state index contributed by atoms with van der Waals surface area (Å²) >= 11 is 0. The molecule has 10 aromatic rings. The summed E-state index contributed by atoms with van der Waals surface area (Å²) < 4.78 is 173. The zero-order valence-corrected chi connectivity index (χ0v) is 39.6. The number of benzene rings is 8. The van der Waals surface area contributed by atoms with Crippen molar-refractivity contribution in [1.82, 2.24) is 9.55 Å². The highest BCUT2D eigenvalue weighted by molar-refractivity contribution is 6.09. The first-order valence-corrected chi connectivity index (χ1v) is 22.9. The first kappa shape index (κ1) is 28.6. The Morgan fingerprint density at radius 2 is 1.19 bits per heavy atom. The van der Waals surface area contributed by atoms with Gasteiger partial charge in [-0.05, 0) is 105 Å². The molecule has 348 valence electrons. The van der Waals surface area contributed by atoms with Crippen LogP contribution in [0.4, 0.5) is 22.7 Å². The fourth-order valence-electron chi connectivity index (χ4n) is 8.58. The number of pyridine rings is 1. The van der Waals surface area contributed by atoms with Gasteiger partial charge in [0, 0.05) is 61.1 Å². The van der Waals surface area contributed by atoms with Crippen molar-refractivity contribution in [3.63, 3.8) is 0 Å². The van der Waals surface area contributed by atoms with Crippen LogP contribution in [-0.2, 0) is 17.3 Å². The lowest BCUT2D eigenvalue weighted by Gasteiger charge is -2.27. The van der Waals surface area contributed by atoms with Crippen molar-refractivity contribution in [2.45, 2.75) is 72.5 Å². The number of nitrogens with one attached hydrogen (secondary N) is 2. The van der Waals surface area contributed by atoms with Gasteiger partial charge in [0.1, 0.15) is 17.3 Å². The Morgan fingerprint density at radius 3 is 1.87 bits per heavy atom. The van der Waals surface area contributed by atoms with E-state index in [1.165, 1.54) is 4.57 Å². The molecule has 0 radical (unpaired) electrons. The predicted molar refractivity (Wildman–Crippen MR) is 297 cm³/mol. The molecule has 8 aromatic carbocycles. The van der Waals surface area contributed by atoms with Crippen LogP contribution in [0.15, 0.2) is 200 Å². The molecule has 0 unspecified atom stereocenters. The van der Waals surface area contributed by atoms with Crippen LogP contribution in [0, 0.1) is 5.89 Å². The Bertz CT molecular complexity index is 4400. The summed E-state index contributed by atoms with van der Waals surface area (Å²) in [5.41, 5.74) is 4.99. The summed E-state index contributed by atoms with van der Waals surface area (Å²) in [7, 11) is 0. The van der Waals surface area contributed by atoms with Gasteiger partial charge in [-0.25, -0.2) is 4.98 Å². The molecule has 2 N–H and O–H groups in total. The SMILES string of the molecule is [2H]c1nc(-n2c3ccccc3c3ccc(Oc4cccc(Nc5ccccc5Nc5c(-c6cc(C(C)(C)C)cc(C(C)(C)C)c6)cccc5-c5c([2H])c([2H])c([2H])c([2H])c5[2H])c4)cc32)c([2H])c(CC([2H])(C([2H])([2H])[2H])C([2H])([2H])[2H])c1-c1c([2H])c([2H])c([2H])c([2H])c1[2H]. The van der Waals surface area contributed by atoms with Crippen molar-refractivity contribution in [1.29, 1.82) is 0 Å². The van der Waals surface area contributed by atoms with E-state index in [1.54, 1.807) is 60.7 Å². The Labute approximate surface area is 440 Å². The van der Waals surface area contributed by atoms with Crippen LogP contribution < -0.4 is 15.4 Å². The number of anilines is 4. The number of hydrogen-bond acceptors (Lipinski definition) is 4. The molecule has 0 spiro atoms. The molecule has 0 aliphatic carbocycles. The minimum absolute atomic E-state index is 0.0294. The van der Waals surface area contributed by atoms with E-state index in [2.05, 4.69) is 75.4 Å². The van der Waals surface area contributed by atoms with Crippen molar-refractivity contribution in [2.24, 2.45) is 5.89 Å². The summed E-state index contributed by atoms with van der Waals surface area (Å²) in [6.07, 6.45) is -2.02. The van der Waals surface area contributed by atoms with Crippen LogP contribution in [0.5, 0.6) is 11.5 Å². The molecule has 70 heavy (non-hydrogen) atoms. The van der Waals surface area contributed by atoms with Crippen molar-refractivity contribution in [2.75, 3.05) is 10.6 Å². The van der Waals surface area contributed by atoms with E-state index in [-0.39, 0.29) is 40.0 Å². The van der Waals surface area contributed by atoms with E-state index in [1.807, 2.05) is 48.5 Å². The van der Waals surface area contributed by atoms with Gasteiger partial charge in [-0.3, -0.25) is 4.57 Å². The largest absolute Gasteiger partial charge is 0.457 e. The lowest BCUT2D eigenvalue weighted by atomic mass is 9.78. The lowest BCUT2D eigenvalue weighted by Crippen LogP contribution is -2.16. The lowest BCUT2D eigenvalue weighted by molar-refractivity contribution is 0.483. The summed E-state index contributed by atoms with van der Waals surface area (Å²) in [6.45, 7) is 5.83. The molecule has 0 amide bonds. The van der Waals surface area contributed by atoms with Gasteiger partial charge >= 0.3 is 0 Å². The van der Waals surface area contributed by atoms with E-state index in [4.69, 9.17) is 28.0 Å². The molecule has 0 bridgehead atoms. The molecular weight excluding hydrogens is 853 g/mol. The quantitative estimate of drug-likeness (QED) is 0.128. The molecule has 0 atom stereocenters. The summed E-state index contributed by atoms with van der Waals surface area (Å²) in [5.74, 6) is -2.98. The topological polar surface area (TPSA) is 51.1 Å². The highest BCUT2D eigenvalue weighted by Crippen LogP contribution is 2.44. The highest BCUT2D eigenvalue weighted by Gasteiger charge is 2.23. The maximum Gasteiger partial charge on any atom is 0.137 e. The smallest absolute Gasteiger partial charge is 0.137 e. The molecule has 0 aliphatic rings. The van der Waals surface area contributed by atoms with Gasteiger partial charge in [-0.2, -0.15) is 0 Å². The van der Waals surface area contributed by atoms with Crippen LogP contribution in [0.2, 0.25) is 0 Å². The number of fused-ring (bicyclic) bond motifs is 3. The number of para-hydroxylation sites is 4. The van der Waals surface area contributed by atoms with E-state index >= 15 is 0 Å². The second kappa shape index (κ2) is 18.9. The minimum Gasteiger partial charge on any atom is -0.457 e. The van der Waals surface area contributed by atoms with E-state index in [9.17, 15) is 2.74 Å². The van der Waals surface area contributed by atoms with E-state index in [0.717, 1.165) is 22.3 Å². The van der Waals surface area contributed by atoms with Crippen LogP contribution >= 0.6 is 0 Å². The van der Waals surface area contributed by atoms with Crippen molar-refractivity contribution < 1.29 is 30.8 Å². The maximum absolute atomic E-state index is 9.81. The van der Waals surface area contributed by atoms with Crippen molar-refractivity contribution in [3.05, 3.63) is 217 Å². The fraction of sp³-hybridized carbons (Fsp3) is 0.185. The van der Waals surface area contributed by atoms with Gasteiger partial charge in [0.15, 0.2) is 0 Å². The number of aromatic nitrogens is 2. The number of ether oxygens (including phenoxy) is 1. The maximum atomic E-state index is 9.81. The molecular formula is C65H62N4O. The first-order valence-electron chi connectivity index (χ1n) is 32.4. The summed E-state index contributed by atoms with van der Waals surface area (Å²) in [6, 6.07) is 31.9. The molecule has 0 saturated heterocycles. The molecule has 10 rings (SSSR count). The minimum atomic E-state index is -3.52. The van der Waals surface area contributed by atoms with E-state index in [0.29, 0.717) is 55.9 Å². The number of nitrogens with zero attached hydrogens (tertiary/aromatic N) is 2. The fourth-order valence-corrected chi connectivity index (χ4v) is 8.58. The Balaban J connectivity index is 1.07. The summed E-state index contributed by atoms with van der Waals surface area (Å²) in [5, 5.41) is 8.43. The Morgan fingerprint density at radius 1 is 0.586 bits per heavy atom. The van der Waals surface area contributed by atoms with Crippen LogP contribution in [-0.4, -0.2) is 9.55 Å². The molecule has 0 fully saturated rings. The predicted octanol–water partition coefficient (Wildman–Crippen LogP) is 18.3. The third-order valence-electron chi connectivity index (χ3n) is 12.1. The zero-order valence-electron chi connectivity index (χ0n) is 58.6. The van der Waals surface area contributed by atoms with Crippen LogP contribution in [0.3, 0.4) is 0 Å². The Hall–Kier alpha value is -7.89. The second-order valence-corrected chi connectivity index (χ2v) is 19.2. The zero-order chi connectivity index (χ0) is 64.9. The van der Waals surface area contributed by atoms with Crippen LogP contribution in [0.1, 0.15) is 98.0 Å². The van der Waals surface area contributed by atoms with Gasteiger partial charge in [-0.1, -0.05) is 188 Å². The van der Waals surface area contributed by atoms with Crippen molar-refractivity contribution >= 4 is 44.6 Å². The van der Waals surface area contributed by atoms with Gasteiger partial charge in [0.25, 0.3) is 0 Å². The molecule has 2 heterocycles. The monoisotopic (exact) mass is 934 g/mol. The highest BCUT2D eigenvalue weighted by atomic mass is 16.5. The number of hydrogen-bond donors (Lipinski definition) is 2. The molecule has 0 saturated carbocycles. The van der Waals surface area contributed by atoms with Crippen LogP contribution in [0.25, 0.3) is 61.0 Å². The van der Waals surface area contributed by atoms with Gasteiger partial charge in [0.2, 0.25) is 0 Å². The normalized spacial score (nSPS) is 16.3. The van der Waals surface area contributed by atoms with Gasteiger partial charge in [-0.15, -0.1) is 0 Å². The molecule has 5 nitrogen and oxygen atoms in total. The molecule has 2 aromatic heterocycles. The molecule has 5 heteroatoms. The third kappa shape index (κ3) is 9.57. The summed E-state index contributed by atoms with van der Waals surface area (Å²) in [4.78, 5) is 4.52. The average Bonchev–Trinajstić information content (AvgIpc) is 1.77. The van der Waals surface area contributed by atoms with Crippen molar-refractivity contribution in [3.8, 4) is 50.7 Å². The molecule has 0 aliphatic heterocycles. The second-order valence-electron chi connectivity index (χ2n) is 19.2. The van der Waals surface area contributed by atoms with Gasteiger partial charge < -0.3 is 15.4 Å². The standard InChI is InChI=1S/C65H62N4O/c1-43(2)35-46-38-62(66-42-57(46)45-23-13-10-14-24-45)69-60-32-18-15-27-55(60)56-34-33-52(41-61(56)69)70-51-26-19-25-50(40-51)67-58-30-16-17-31-59(58)68-63-53(44-21-11-9-12-22-44)28-20-29-54(63)47-36-48(64(3,4)5)39-49(37-47)65(6,7)8/h9-34,36-43,67-68H,35H2,1-8H3/i1D3,2D3,9D,10D,11D,12D,13D,14D,21D,22D,23D,24D,38D,42D,43D. The van der Waals surface area contributed by atoms with E-state index < -0.39 is 103 Å². The van der Waals surface area contributed by atoms with Gasteiger partial charge in [0.05, 0.1) is 44.5 Å².